The van der Waals surface area contributed by atoms with Gasteiger partial charge in [0.1, 0.15) is 0 Å². The van der Waals surface area contributed by atoms with Crippen LogP contribution in [0.4, 0.5) is 0 Å². The Morgan fingerprint density at radius 3 is 1.86 bits per heavy atom. The number of hydrogen-bond donors (Lipinski definition) is 0. The minimum Gasteiger partial charge on any atom is -0.493 e. The molecule has 3 aromatic rings. The van der Waals surface area contributed by atoms with Gasteiger partial charge in [0.2, 0.25) is 11.5 Å². The first-order chi connectivity index (χ1) is 14.1. The predicted molar refractivity (Wildman–Crippen MR) is 109 cm³/mol. The third-order valence-corrected chi connectivity index (χ3v) is 5.46. The summed E-state index contributed by atoms with van der Waals surface area (Å²) >= 11 is 0. The molecule has 2 heterocycles. The SMILES string of the molecule is COc1cc2c(=O)n3c4c(c(OC)c(OC)c(OC)c4c2c(OC)c1OC)CC3. The summed E-state index contributed by atoms with van der Waals surface area (Å²) in [6.07, 6.45) is 0.641. The van der Waals surface area contributed by atoms with E-state index in [1.165, 1.54) is 21.3 Å². The molecule has 0 spiro atoms. The summed E-state index contributed by atoms with van der Waals surface area (Å²) in [6, 6.07) is 1.68. The standard InChI is InChI=1S/C21H23NO7/c1-24-12-9-11-13(18(27-4)17(12)26-3)14-15-10(7-8-22(15)21(11)23)16(25-2)20(29-6)19(14)28-5/h9H,7-8H2,1-6H3. The highest BCUT2D eigenvalue weighted by atomic mass is 16.5. The molecule has 0 amide bonds. The number of hydrogen-bond acceptors (Lipinski definition) is 7. The lowest BCUT2D eigenvalue weighted by atomic mass is 9.99. The van der Waals surface area contributed by atoms with Gasteiger partial charge in [0, 0.05) is 17.5 Å². The Morgan fingerprint density at radius 2 is 1.31 bits per heavy atom. The quantitative estimate of drug-likeness (QED) is 0.588. The molecule has 0 fully saturated rings. The van der Waals surface area contributed by atoms with E-state index in [4.69, 9.17) is 28.4 Å². The monoisotopic (exact) mass is 401 g/mol. The van der Waals surface area contributed by atoms with Crippen LogP contribution < -0.4 is 34.0 Å². The van der Waals surface area contributed by atoms with Crippen LogP contribution in [0.15, 0.2) is 10.9 Å². The second-order valence-corrected chi connectivity index (χ2v) is 6.58. The van der Waals surface area contributed by atoms with Gasteiger partial charge in [-0.25, -0.2) is 0 Å². The van der Waals surface area contributed by atoms with Gasteiger partial charge >= 0.3 is 0 Å². The van der Waals surface area contributed by atoms with Crippen LogP contribution in [0.1, 0.15) is 5.56 Å². The van der Waals surface area contributed by atoms with E-state index in [0.29, 0.717) is 63.6 Å². The summed E-state index contributed by atoms with van der Waals surface area (Å²) in [5.74, 6) is 2.73. The van der Waals surface area contributed by atoms with Gasteiger partial charge in [0.05, 0.1) is 58.9 Å². The van der Waals surface area contributed by atoms with Gasteiger partial charge in [-0.1, -0.05) is 0 Å². The van der Waals surface area contributed by atoms with E-state index in [-0.39, 0.29) is 5.56 Å². The van der Waals surface area contributed by atoms with E-state index >= 15 is 0 Å². The summed E-state index contributed by atoms with van der Waals surface area (Å²) in [5.41, 5.74) is 1.51. The maximum Gasteiger partial charge on any atom is 0.259 e. The fraction of sp³-hybridized carbons (Fsp3) is 0.381. The predicted octanol–water partition coefficient (Wildman–Crippen LogP) is 2.76. The maximum atomic E-state index is 13.4. The zero-order valence-corrected chi connectivity index (χ0v) is 17.3. The highest BCUT2D eigenvalue weighted by Gasteiger charge is 2.32. The molecule has 0 aliphatic carbocycles. The summed E-state index contributed by atoms with van der Waals surface area (Å²) < 4.78 is 35.5. The van der Waals surface area contributed by atoms with Crippen molar-refractivity contribution in [3.05, 3.63) is 22.0 Å². The normalized spacial score (nSPS) is 12.3. The van der Waals surface area contributed by atoms with Gasteiger partial charge < -0.3 is 33.0 Å². The number of nitrogens with zero attached hydrogens (tertiary/aromatic N) is 1. The number of methoxy groups -OCH3 is 6. The molecule has 0 saturated carbocycles. The third kappa shape index (κ3) is 2.35. The maximum absolute atomic E-state index is 13.4. The molecular formula is C21H23NO7. The van der Waals surface area contributed by atoms with Crippen LogP contribution in [-0.4, -0.2) is 47.2 Å². The summed E-state index contributed by atoms with van der Waals surface area (Å²) in [7, 11) is 9.28. The first-order valence-electron chi connectivity index (χ1n) is 9.07. The number of fused-ring (bicyclic) bond motifs is 2. The lowest BCUT2D eigenvalue weighted by Crippen LogP contribution is -2.19. The topological polar surface area (TPSA) is 77.4 Å². The minimum atomic E-state index is -0.139. The zero-order valence-electron chi connectivity index (χ0n) is 17.3. The van der Waals surface area contributed by atoms with Crippen molar-refractivity contribution in [3.63, 3.8) is 0 Å². The second-order valence-electron chi connectivity index (χ2n) is 6.58. The van der Waals surface area contributed by atoms with Crippen molar-refractivity contribution >= 4 is 21.7 Å². The largest absolute Gasteiger partial charge is 0.493 e. The van der Waals surface area contributed by atoms with Crippen LogP contribution >= 0.6 is 0 Å². The Kier molecular flexibility index (Phi) is 4.56. The van der Waals surface area contributed by atoms with Crippen molar-refractivity contribution in [3.8, 4) is 34.5 Å². The number of pyridine rings is 1. The minimum absolute atomic E-state index is 0.139. The van der Waals surface area contributed by atoms with Gasteiger partial charge in [-0.3, -0.25) is 4.79 Å². The molecule has 0 N–H and O–H groups in total. The molecule has 0 radical (unpaired) electrons. The molecule has 0 atom stereocenters. The molecule has 0 bridgehead atoms. The molecule has 2 aromatic carbocycles. The van der Waals surface area contributed by atoms with Crippen molar-refractivity contribution in [2.45, 2.75) is 13.0 Å². The van der Waals surface area contributed by atoms with Crippen LogP contribution in [0.2, 0.25) is 0 Å². The van der Waals surface area contributed by atoms with Gasteiger partial charge in [-0.2, -0.15) is 0 Å². The molecule has 4 rings (SSSR count). The third-order valence-electron chi connectivity index (χ3n) is 5.46. The fourth-order valence-electron chi connectivity index (χ4n) is 4.33. The smallest absolute Gasteiger partial charge is 0.259 e. The molecule has 1 aliphatic rings. The van der Waals surface area contributed by atoms with Crippen LogP contribution in [0.25, 0.3) is 21.7 Å². The Balaban J connectivity index is 2.40. The first kappa shape index (κ1) is 19.0. The van der Waals surface area contributed by atoms with E-state index in [9.17, 15) is 4.79 Å². The van der Waals surface area contributed by atoms with Gasteiger partial charge in [0.25, 0.3) is 5.56 Å². The number of rotatable bonds is 6. The van der Waals surface area contributed by atoms with Gasteiger partial charge in [-0.15, -0.1) is 0 Å². The molecule has 8 heteroatoms. The van der Waals surface area contributed by atoms with Gasteiger partial charge in [0.15, 0.2) is 23.0 Å². The number of aromatic nitrogens is 1. The van der Waals surface area contributed by atoms with E-state index < -0.39 is 0 Å². The Morgan fingerprint density at radius 1 is 0.724 bits per heavy atom. The van der Waals surface area contributed by atoms with E-state index in [1.54, 1.807) is 32.0 Å². The van der Waals surface area contributed by atoms with Crippen molar-refractivity contribution in [1.82, 2.24) is 4.57 Å². The van der Waals surface area contributed by atoms with Crippen LogP contribution in [-0.2, 0) is 13.0 Å². The van der Waals surface area contributed by atoms with E-state index in [0.717, 1.165) is 11.1 Å². The average Bonchev–Trinajstić information content (AvgIpc) is 3.19. The summed E-state index contributed by atoms with van der Waals surface area (Å²) in [4.78, 5) is 13.4. The van der Waals surface area contributed by atoms with Crippen molar-refractivity contribution in [1.29, 1.82) is 0 Å². The highest BCUT2D eigenvalue weighted by molar-refractivity contribution is 6.16. The van der Waals surface area contributed by atoms with Crippen LogP contribution in [0.5, 0.6) is 34.5 Å². The molecule has 0 saturated heterocycles. The highest BCUT2D eigenvalue weighted by Crippen LogP contribution is 2.53. The molecule has 1 aliphatic heterocycles. The Bertz CT molecular complexity index is 1200. The molecule has 8 nitrogen and oxygen atoms in total. The van der Waals surface area contributed by atoms with Crippen LogP contribution in [0, 0.1) is 0 Å². The molecular weight excluding hydrogens is 378 g/mol. The fourth-order valence-corrected chi connectivity index (χ4v) is 4.33. The van der Waals surface area contributed by atoms with Crippen molar-refractivity contribution in [2.24, 2.45) is 0 Å². The first-order valence-corrected chi connectivity index (χ1v) is 9.07. The van der Waals surface area contributed by atoms with Crippen LogP contribution in [0.3, 0.4) is 0 Å². The van der Waals surface area contributed by atoms with Crippen molar-refractivity contribution < 1.29 is 28.4 Å². The molecule has 1 aromatic heterocycles. The number of aryl methyl sites for hydroxylation is 2. The van der Waals surface area contributed by atoms with Crippen molar-refractivity contribution in [2.75, 3.05) is 42.7 Å². The molecule has 29 heavy (non-hydrogen) atoms. The number of benzene rings is 2. The van der Waals surface area contributed by atoms with E-state index in [1.807, 2.05) is 0 Å². The zero-order chi connectivity index (χ0) is 20.9. The average molecular weight is 401 g/mol. The Labute approximate surface area is 167 Å². The lowest BCUT2D eigenvalue weighted by Gasteiger charge is -2.21. The molecule has 0 unspecified atom stereocenters. The van der Waals surface area contributed by atoms with Gasteiger partial charge in [-0.05, 0) is 12.5 Å². The molecule has 154 valence electrons. The number of ether oxygens (including phenoxy) is 6. The Hall–Kier alpha value is -3.29. The summed E-state index contributed by atoms with van der Waals surface area (Å²) in [5, 5.41) is 1.75. The second kappa shape index (κ2) is 6.95. The lowest BCUT2D eigenvalue weighted by molar-refractivity contribution is 0.324. The van der Waals surface area contributed by atoms with E-state index in [2.05, 4.69) is 0 Å². The summed E-state index contributed by atoms with van der Waals surface area (Å²) in [6.45, 7) is 0.532.